The van der Waals surface area contributed by atoms with Gasteiger partial charge in [-0.3, -0.25) is 4.79 Å². The van der Waals surface area contributed by atoms with Gasteiger partial charge in [-0.15, -0.1) is 0 Å². The Bertz CT molecular complexity index is 380. The van der Waals surface area contributed by atoms with Gasteiger partial charge in [0.05, 0.1) is 0 Å². The number of carbonyl (C=O) groups excluding carboxylic acids is 1. The van der Waals surface area contributed by atoms with E-state index in [2.05, 4.69) is 5.32 Å². The number of furan rings is 1. The van der Waals surface area contributed by atoms with E-state index >= 15 is 0 Å². The number of carbonyl (C=O) groups is 1. The number of hydrogen-bond donors (Lipinski definition) is 1. The topological polar surface area (TPSA) is 42.2 Å². The van der Waals surface area contributed by atoms with Gasteiger partial charge in [0.15, 0.2) is 5.76 Å². The molecule has 2 rings (SSSR count). The van der Waals surface area contributed by atoms with Crippen LogP contribution >= 0.6 is 0 Å². The Hall–Kier alpha value is -1.32. The molecule has 1 fully saturated rings. The predicted octanol–water partition coefficient (Wildman–Crippen LogP) is 2.52. The van der Waals surface area contributed by atoms with Crippen molar-refractivity contribution in [3.05, 3.63) is 23.2 Å². The molecule has 1 aliphatic carbocycles. The average molecular weight is 225 g/mol. The number of amides is 1. The van der Waals surface area contributed by atoms with Crippen LogP contribution in [0.4, 0.5) is 4.39 Å². The normalized spacial score (nSPS) is 24.7. The van der Waals surface area contributed by atoms with Crippen molar-refractivity contribution in [1.29, 1.82) is 0 Å². The third-order valence-corrected chi connectivity index (χ3v) is 3.09. The van der Waals surface area contributed by atoms with Crippen molar-refractivity contribution in [2.45, 2.75) is 45.3 Å². The largest absolute Gasteiger partial charge is 0.456 e. The molecule has 16 heavy (non-hydrogen) atoms. The van der Waals surface area contributed by atoms with Crippen LogP contribution in [0.2, 0.25) is 0 Å². The van der Waals surface area contributed by atoms with Crippen molar-refractivity contribution >= 4 is 5.91 Å². The number of aryl methyl sites for hydroxylation is 2. The number of nitrogens with one attached hydrogen (secondary N) is 1. The summed E-state index contributed by atoms with van der Waals surface area (Å²) >= 11 is 0. The highest BCUT2D eigenvalue weighted by molar-refractivity contribution is 5.92. The molecule has 0 aliphatic heterocycles. The summed E-state index contributed by atoms with van der Waals surface area (Å²) < 4.78 is 18.2. The monoisotopic (exact) mass is 225 g/mol. The summed E-state index contributed by atoms with van der Waals surface area (Å²) in [6, 6.07) is 1.67. The van der Waals surface area contributed by atoms with Crippen LogP contribution in [-0.2, 0) is 0 Å². The molecule has 1 heterocycles. The highest BCUT2D eigenvalue weighted by atomic mass is 19.1. The number of hydrogen-bond acceptors (Lipinski definition) is 2. The van der Waals surface area contributed by atoms with Crippen LogP contribution in [0.25, 0.3) is 0 Å². The van der Waals surface area contributed by atoms with Crippen molar-refractivity contribution in [3.8, 4) is 0 Å². The zero-order valence-corrected chi connectivity index (χ0v) is 9.55. The fourth-order valence-corrected chi connectivity index (χ4v) is 2.00. The quantitative estimate of drug-likeness (QED) is 0.840. The van der Waals surface area contributed by atoms with Crippen LogP contribution in [0.3, 0.4) is 0 Å². The highest BCUT2D eigenvalue weighted by Gasteiger charge is 2.26. The molecular formula is C12H16FNO2. The van der Waals surface area contributed by atoms with Crippen molar-refractivity contribution in [2.75, 3.05) is 0 Å². The fraction of sp³-hybridized carbons (Fsp3) is 0.583. The minimum absolute atomic E-state index is 0.0480. The van der Waals surface area contributed by atoms with E-state index in [0.29, 0.717) is 25.0 Å². The third-order valence-electron chi connectivity index (χ3n) is 3.09. The van der Waals surface area contributed by atoms with Crippen LogP contribution < -0.4 is 5.32 Å². The lowest BCUT2D eigenvalue weighted by Crippen LogP contribution is -2.32. The van der Waals surface area contributed by atoms with E-state index < -0.39 is 6.17 Å². The fourth-order valence-electron chi connectivity index (χ4n) is 2.00. The maximum Gasteiger partial charge on any atom is 0.287 e. The average Bonchev–Trinajstić information content (AvgIpc) is 2.75. The molecule has 1 saturated carbocycles. The first kappa shape index (κ1) is 11.2. The minimum atomic E-state index is -0.773. The van der Waals surface area contributed by atoms with Crippen molar-refractivity contribution in [2.24, 2.45) is 0 Å². The third kappa shape index (κ3) is 2.26. The molecule has 1 amide bonds. The molecule has 0 bridgehead atoms. The van der Waals surface area contributed by atoms with E-state index in [-0.39, 0.29) is 11.9 Å². The molecule has 4 heteroatoms. The Morgan fingerprint density at radius 3 is 2.75 bits per heavy atom. The van der Waals surface area contributed by atoms with Crippen LogP contribution in [0, 0.1) is 13.8 Å². The molecule has 1 aromatic heterocycles. The van der Waals surface area contributed by atoms with E-state index in [9.17, 15) is 9.18 Å². The molecule has 3 nitrogen and oxygen atoms in total. The van der Waals surface area contributed by atoms with Gasteiger partial charge >= 0.3 is 0 Å². The highest BCUT2D eigenvalue weighted by Crippen LogP contribution is 2.22. The molecule has 1 N–H and O–H groups in total. The zero-order chi connectivity index (χ0) is 11.7. The summed E-state index contributed by atoms with van der Waals surface area (Å²) in [7, 11) is 0. The lowest BCUT2D eigenvalue weighted by molar-refractivity contribution is 0.0907. The van der Waals surface area contributed by atoms with Gasteiger partial charge in [-0.1, -0.05) is 0 Å². The van der Waals surface area contributed by atoms with Gasteiger partial charge in [0.2, 0.25) is 0 Å². The number of halogens is 1. The summed E-state index contributed by atoms with van der Waals surface area (Å²) in [5, 5.41) is 2.79. The van der Waals surface area contributed by atoms with Gasteiger partial charge in [-0.25, -0.2) is 4.39 Å². The Morgan fingerprint density at radius 2 is 2.25 bits per heavy atom. The molecule has 1 aromatic rings. The van der Waals surface area contributed by atoms with Crippen LogP contribution in [0.15, 0.2) is 10.5 Å². The summed E-state index contributed by atoms with van der Waals surface area (Å²) in [6.45, 7) is 3.71. The molecule has 0 saturated heterocycles. The van der Waals surface area contributed by atoms with Gasteiger partial charge in [-0.05, 0) is 44.7 Å². The maximum absolute atomic E-state index is 12.9. The first-order chi connectivity index (χ1) is 7.56. The van der Waals surface area contributed by atoms with Crippen molar-refractivity contribution in [3.63, 3.8) is 0 Å². The summed E-state index contributed by atoms with van der Waals surface area (Å²) in [4.78, 5) is 11.7. The predicted molar refractivity (Wildman–Crippen MR) is 58.2 cm³/mol. The molecule has 88 valence electrons. The standard InChI is InChI=1S/C12H16FNO2/c1-7-5-11(16-8(7)2)12(15)14-10-4-3-9(13)6-10/h5,9-10H,3-4,6H2,1-2H3,(H,14,15)/t9-,10-/m1/s1. The number of rotatable bonds is 2. The first-order valence-electron chi connectivity index (χ1n) is 5.58. The molecule has 0 unspecified atom stereocenters. The van der Waals surface area contributed by atoms with Gasteiger partial charge in [-0.2, -0.15) is 0 Å². The summed E-state index contributed by atoms with van der Waals surface area (Å²) in [5.41, 5.74) is 0.958. The second kappa shape index (κ2) is 4.28. The molecular weight excluding hydrogens is 209 g/mol. The summed E-state index contributed by atoms with van der Waals surface area (Å²) in [5.74, 6) is 0.826. The zero-order valence-electron chi connectivity index (χ0n) is 9.55. The SMILES string of the molecule is Cc1cc(C(=O)N[C@@H]2CC[C@@H](F)C2)oc1C. The Balaban J connectivity index is 1.98. The van der Waals surface area contributed by atoms with Crippen LogP contribution in [0.5, 0.6) is 0 Å². The van der Waals surface area contributed by atoms with Crippen LogP contribution in [-0.4, -0.2) is 18.1 Å². The van der Waals surface area contributed by atoms with E-state index in [0.717, 1.165) is 11.3 Å². The van der Waals surface area contributed by atoms with Crippen LogP contribution in [0.1, 0.15) is 41.1 Å². The minimum Gasteiger partial charge on any atom is -0.456 e. The smallest absolute Gasteiger partial charge is 0.287 e. The van der Waals surface area contributed by atoms with Gasteiger partial charge in [0, 0.05) is 6.04 Å². The Kier molecular flexibility index (Phi) is 2.99. The molecule has 2 atom stereocenters. The van der Waals surface area contributed by atoms with E-state index in [1.165, 1.54) is 0 Å². The molecule has 1 aliphatic rings. The maximum atomic E-state index is 12.9. The van der Waals surface area contributed by atoms with Gasteiger partial charge in [0.1, 0.15) is 11.9 Å². The van der Waals surface area contributed by atoms with Crippen molar-refractivity contribution < 1.29 is 13.6 Å². The van der Waals surface area contributed by atoms with E-state index in [1.54, 1.807) is 6.07 Å². The van der Waals surface area contributed by atoms with Crippen molar-refractivity contribution in [1.82, 2.24) is 5.32 Å². The Morgan fingerprint density at radius 1 is 1.50 bits per heavy atom. The van der Waals surface area contributed by atoms with Gasteiger partial charge in [0.25, 0.3) is 5.91 Å². The molecule has 0 radical (unpaired) electrons. The van der Waals surface area contributed by atoms with Gasteiger partial charge < -0.3 is 9.73 Å². The lowest BCUT2D eigenvalue weighted by atomic mass is 10.2. The summed E-state index contributed by atoms with van der Waals surface area (Å²) in [6.07, 6.45) is 0.905. The molecule has 0 spiro atoms. The second-order valence-electron chi connectivity index (χ2n) is 4.43. The first-order valence-corrected chi connectivity index (χ1v) is 5.58. The molecule has 0 aromatic carbocycles. The van der Waals surface area contributed by atoms with E-state index in [4.69, 9.17) is 4.42 Å². The number of alkyl halides is 1. The van der Waals surface area contributed by atoms with E-state index in [1.807, 2.05) is 13.8 Å². The lowest BCUT2D eigenvalue weighted by Gasteiger charge is -2.09. The Labute approximate surface area is 94.0 Å². The second-order valence-corrected chi connectivity index (χ2v) is 4.43.